The SMILES string of the molecule is C=C1CC(c2cccc(C)c2)=C(c2ccccc2)C1=O. The minimum atomic E-state index is 0.0766. The molecule has 0 radical (unpaired) electrons. The third-order valence-electron chi connectivity index (χ3n) is 3.67. The standard InChI is InChI=1S/C19H16O/c1-13-7-6-10-16(11-13)17-12-14(2)19(20)18(17)15-8-4-3-5-9-15/h3-11H,2,12H2,1H3. The summed E-state index contributed by atoms with van der Waals surface area (Å²) in [6.45, 7) is 5.99. The molecule has 0 unspecified atom stereocenters. The van der Waals surface area contributed by atoms with Crippen molar-refractivity contribution in [2.24, 2.45) is 0 Å². The number of carbonyl (C=O) groups excluding carboxylic acids is 1. The van der Waals surface area contributed by atoms with Gasteiger partial charge in [0, 0.05) is 12.0 Å². The highest BCUT2D eigenvalue weighted by molar-refractivity contribution is 6.38. The van der Waals surface area contributed by atoms with Gasteiger partial charge in [0.15, 0.2) is 5.78 Å². The number of ketones is 1. The van der Waals surface area contributed by atoms with Crippen molar-refractivity contribution in [2.75, 3.05) is 0 Å². The summed E-state index contributed by atoms with van der Waals surface area (Å²) in [5, 5.41) is 0. The molecule has 0 atom stereocenters. The van der Waals surface area contributed by atoms with Gasteiger partial charge in [0.1, 0.15) is 0 Å². The number of rotatable bonds is 2. The molecule has 0 amide bonds. The molecular weight excluding hydrogens is 244 g/mol. The van der Waals surface area contributed by atoms with E-state index < -0.39 is 0 Å². The van der Waals surface area contributed by atoms with Crippen LogP contribution in [0.1, 0.15) is 23.1 Å². The second-order valence-electron chi connectivity index (χ2n) is 5.20. The fourth-order valence-corrected chi connectivity index (χ4v) is 2.69. The van der Waals surface area contributed by atoms with Gasteiger partial charge < -0.3 is 0 Å². The summed E-state index contributed by atoms with van der Waals surface area (Å²) in [6.07, 6.45) is 0.645. The highest BCUT2D eigenvalue weighted by atomic mass is 16.1. The summed E-state index contributed by atoms with van der Waals surface area (Å²) < 4.78 is 0. The van der Waals surface area contributed by atoms with Gasteiger partial charge in [0.05, 0.1) is 0 Å². The molecule has 0 saturated heterocycles. The predicted molar refractivity (Wildman–Crippen MR) is 83.2 cm³/mol. The zero-order chi connectivity index (χ0) is 14.1. The molecule has 0 N–H and O–H groups in total. The molecule has 1 nitrogen and oxygen atoms in total. The molecule has 1 heteroatoms. The Morgan fingerprint density at radius 1 is 0.950 bits per heavy atom. The fraction of sp³-hybridized carbons (Fsp3) is 0.105. The Balaban J connectivity index is 2.21. The summed E-state index contributed by atoms with van der Waals surface area (Å²) in [6, 6.07) is 18.2. The minimum Gasteiger partial charge on any atom is -0.289 e. The van der Waals surface area contributed by atoms with Gasteiger partial charge in [0.2, 0.25) is 0 Å². The van der Waals surface area contributed by atoms with Crippen molar-refractivity contribution < 1.29 is 4.79 Å². The summed E-state index contributed by atoms with van der Waals surface area (Å²) in [7, 11) is 0. The summed E-state index contributed by atoms with van der Waals surface area (Å²) >= 11 is 0. The number of hydrogen-bond acceptors (Lipinski definition) is 1. The highest BCUT2D eigenvalue weighted by Crippen LogP contribution is 2.39. The Hall–Kier alpha value is -2.41. The van der Waals surface area contributed by atoms with Gasteiger partial charge in [0.25, 0.3) is 0 Å². The van der Waals surface area contributed by atoms with Crippen LogP contribution in [0.5, 0.6) is 0 Å². The molecule has 2 aromatic carbocycles. The molecule has 1 aliphatic carbocycles. The second-order valence-corrected chi connectivity index (χ2v) is 5.20. The molecule has 0 fully saturated rings. The van der Waals surface area contributed by atoms with Crippen molar-refractivity contribution in [2.45, 2.75) is 13.3 Å². The lowest BCUT2D eigenvalue weighted by Gasteiger charge is -2.07. The van der Waals surface area contributed by atoms with Gasteiger partial charge in [-0.15, -0.1) is 0 Å². The van der Waals surface area contributed by atoms with Crippen LogP contribution < -0.4 is 0 Å². The van der Waals surface area contributed by atoms with E-state index in [0.29, 0.717) is 12.0 Å². The molecule has 0 aliphatic heterocycles. The third kappa shape index (κ3) is 2.12. The fourth-order valence-electron chi connectivity index (χ4n) is 2.69. The Kier molecular flexibility index (Phi) is 3.11. The molecule has 1 aliphatic rings. The molecule has 0 spiro atoms. The van der Waals surface area contributed by atoms with Gasteiger partial charge in [-0.1, -0.05) is 66.7 Å². The van der Waals surface area contributed by atoms with E-state index in [2.05, 4.69) is 31.7 Å². The molecule has 0 bridgehead atoms. The number of aryl methyl sites for hydroxylation is 1. The molecule has 2 aromatic rings. The van der Waals surface area contributed by atoms with Gasteiger partial charge in [-0.05, 0) is 29.2 Å². The number of benzene rings is 2. The van der Waals surface area contributed by atoms with Crippen LogP contribution in [0.4, 0.5) is 0 Å². The van der Waals surface area contributed by atoms with Crippen molar-refractivity contribution in [3.63, 3.8) is 0 Å². The maximum atomic E-state index is 12.4. The van der Waals surface area contributed by atoms with Gasteiger partial charge in [-0.3, -0.25) is 4.79 Å². The van der Waals surface area contributed by atoms with Crippen LogP contribution in [-0.4, -0.2) is 5.78 Å². The lowest BCUT2D eigenvalue weighted by Crippen LogP contribution is -1.97. The first-order valence-corrected chi connectivity index (χ1v) is 6.75. The van der Waals surface area contributed by atoms with E-state index in [1.165, 1.54) is 5.56 Å². The Morgan fingerprint density at radius 2 is 1.65 bits per heavy atom. The zero-order valence-corrected chi connectivity index (χ0v) is 11.5. The average molecular weight is 260 g/mol. The average Bonchev–Trinajstić information content (AvgIpc) is 2.76. The molecule has 20 heavy (non-hydrogen) atoms. The van der Waals surface area contributed by atoms with E-state index in [9.17, 15) is 4.79 Å². The van der Waals surface area contributed by atoms with Gasteiger partial charge in [-0.25, -0.2) is 0 Å². The van der Waals surface area contributed by atoms with E-state index in [-0.39, 0.29) is 5.78 Å². The molecular formula is C19H16O. The summed E-state index contributed by atoms with van der Waals surface area (Å²) in [5.41, 5.74) is 5.88. The zero-order valence-electron chi connectivity index (χ0n) is 11.5. The maximum absolute atomic E-state index is 12.4. The van der Waals surface area contributed by atoms with E-state index >= 15 is 0 Å². The quantitative estimate of drug-likeness (QED) is 0.730. The van der Waals surface area contributed by atoms with Crippen LogP contribution in [-0.2, 0) is 4.79 Å². The van der Waals surface area contributed by atoms with Crippen LogP contribution in [0.2, 0.25) is 0 Å². The van der Waals surface area contributed by atoms with Crippen molar-refractivity contribution in [1.82, 2.24) is 0 Å². The lowest BCUT2D eigenvalue weighted by molar-refractivity contribution is -0.110. The van der Waals surface area contributed by atoms with Gasteiger partial charge in [-0.2, -0.15) is 0 Å². The normalized spacial score (nSPS) is 15.1. The Morgan fingerprint density at radius 3 is 2.35 bits per heavy atom. The monoisotopic (exact) mass is 260 g/mol. The Labute approximate surface area is 119 Å². The van der Waals surface area contributed by atoms with Crippen LogP contribution in [0.3, 0.4) is 0 Å². The number of hydrogen-bond donors (Lipinski definition) is 0. The second kappa shape index (κ2) is 4.93. The van der Waals surface area contributed by atoms with Crippen LogP contribution in [0.15, 0.2) is 66.7 Å². The van der Waals surface area contributed by atoms with Gasteiger partial charge >= 0.3 is 0 Å². The molecule has 0 aromatic heterocycles. The maximum Gasteiger partial charge on any atom is 0.189 e. The van der Waals surface area contributed by atoms with Crippen LogP contribution in [0.25, 0.3) is 11.1 Å². The van der Waals surface area contributed by atoms with Crippen LogP contribution in [0, 0.1) is 6.92 Å². The summed E-state index contributed by atoms with van der Waals surface area (Å²) in [4.78, 5) is 12.4. The first-order chi connectivity index (χ1) is 9.66. The largest absolute Gasteiger partial charge is 0.289 e. The first kappa shape index (κ1) is 12.6. The highest BCUT2D eigenvalue weighted by Gasteiger charge is 2.28. The molecule has 98 valence electrons. The number of Topliss-reactive ketones (excluding diaryl/α,β-unsaturated/α-hetero) is 1. The van der Waals surface area contributed by atoms with E-state index in [0.717, 1.165) is 22.3 Å². The van der Waals surface area contributed by atoms with E-state index in [4.69, 9.17) is 0 Å². The predicted octanol–water partition coefficient (Wildman–Crippen LogP) is 4.43. The molecule has 0 heterocycles. The molecule has 0 saturated carbocycles. The lowest BCUT2D eigenvalue weighted by atomic mass is 9.96. The number of carbonyl (C=O) groups is 1. The van der Waals surface area contributed by atoms with Crippen molar-refractivity contribution >= 4 is 16.9 Å². The number of allylic oxidation sites excluding steroid dienone is 3. The topological polar surface area (TPSA) is 17.1 Å². The summed E-state index contributed by atoms with van der Waals surface area (Å²) in [5.74, 6) is 0.0766. The first-order valence-electron chi connectivity index (χ1n) is 6.75. The van der Waals surface area contributed by atoms with Crippen molar-refractivity contribution in [1.29, 1.82) is 0 Å². The minimum absolute atomic E-state index is 0.0766. The molecule has 3 rings (SSSR count). The Bertz CT molecular complexity index is 720. The van der Waals surface area contributed by atoms with Crippen molar-refractivity contribution in [3.05, 3.63) is 83.4 Å². The third-order valence-corrected chi connectivity index (χ3v) is 3.67. The van der Waals surface area contributed by atoms with E-state index in [1.807, 2.05) is 36.4 Å². The van der Waals surface area contributed by atoms with E-state index in [1.54, 1.807) is 0 Å². The van der Waals surface area contributed by atoms with Crippen molar-refractivity contribution in [3.8, 4) is 0 Å². The smallest absolute Gasteiger partial charge is 0.189 e. The van der Waals surface area contributed by atoms with Crippen LogP contribution >= 0.6 is 0 Å².